The lowest BCUT2D eigenvalue weighted by molar-refractivity contribution is -0.119. The van der Waals surface area contributed by atoms with Crippen molar-refractivity contribution in [3.8, 4) is 11.5 Å². The van der Waals surface area contributed by atoms with Gasteiger partial charge in [0.2, 0.25) is 5.91 Å². The molecule has 1 amide bonds. The van der Waals surface area contributed by atoms with Crippen LogP contribution in [0.4, 0.5) is 5.69 Å². The molecule has 0 fully saturated rings. The Morgan fingerprint density at radius 1 is 0.862 bits per heavy atom. The van der Waals surface area contributed by atoms with Gasteiger partial charge in [0.15, 0.2) is 0 Å². The highest BCUT2D eigenvalue weighted by molar-refractivity contribution is 5.83. The molecular weight excluding hydrogens is 362 g/mol. The van der Waals surface area contributed by atoms with Gasteiger partial charge in [-0.1, -0.05) is 36.4 Å². The number of para-hydroxylation sites is 2. The van der Waals surface area contributed by atoms with Gasteiger partial charge in [0, 0.05) is 29.3 Å². The molecule has 0 aliphatic carbocycles. The van der Waals surface area contributed by atoms with Gasteiger partial charge in [0.05, 0.1) is 6.54 Å². The molecule has 5 heteroatoms. The van der Waals surface area contributed by atoms with Crippen molar-refractivity contribution in [1.29, 1.82) is 0 Å². The number of carbonyl (C=O) groups is 1. The molecule has 0 saturated carbocycles. The Balaban J connectivity index is 1.21. The van der Waals surface area contributed by atoms with E-state index in [9.17, 15) is 4.79 Å². The predicted octanol–water partition coefficient (Wildman–Crippen LogP) is 4.73. The van der Waals surface area contributed by atoms with Crippen LogP contribution in [0.25, 0.3) is 10.9 Å². The molecule has 0 radical (unpaired) electrons. The van der Waals surface area contributed by atoms with Crippen molar-refractivity contribution in [2.45, 2.75) is 6.42 Å². The second-order valence-electron chi connectivity index (χ2n) is 6.75. The van der Waals surface area contributed by atoms with E-state index in [-0.39, 0.29) is 12.5 Å². The van der Waals surface area contributed by atoms with Crippen molar-refractivity contribution in [2.24, 2.45) is 0 Å². The number of aromatic nitrogens is 1. The first-order chi connectivity index (χ1) is 14.3. The zero-order chi connectivity index (χ0) is 19.9. The summed E-state index contributed by atoms with van der Waals surface area (Å²) in [5.41, 5.74) is 3.20. The van der Waals surface area contributed by atoms with Crippen molar-refractivity contribution in [1.82, 2.24) is 10.3 Å². The van der Waals surface area contributed by atoms with Crippen LogP contribution in [0.3, 0.4) is 0 Å². The maximum atomic E-state index is 12.1. The van der Waals surface area contributed by atoms with E-state index in [1.165, 1.54) is 10.9 Å². The fourth-order valence-electron chi connectivity index (χ4n) is 3.19. The highest BCUT2D eigenvalue weighted by Crippen LogP contribution is 2.22. The molecule has 29 heavy (non-hydrogen) atoms. The summed E-state index contributed by atoms with van der Waals surface area (Å²) in [7, 11) is 0. The van der Waals surface area contributed by atoms with Crippen LogP contribution >= 0.6 is 0 Å². The van der Waals surface area contributed by atoms with Crippen LogP contribution in [0.5, 0.6) is 11.5 Å². The first-order valence-corrected chi connectivity index (χ1v) is 9.66. The molecule has 0 aliphatic rings. The van der Waals surface area contributed by atoms with Crippen molar-refractivity contribution < 1.29 is 9.53 Å². The number of H-pyrrole nitrogens is 1. The number of amides is 1. The number of hydrogen-bond donors (Lipinski definition) is 3. The Bertz CT molecular complexity index is 1070. The van der Waals surface area contributed by atoms with Gasteiger partial charge < -0.3 is 20.4 Å². The average Bonchev–Trinajstić information content (AvgIpc) is 3.17. The second kappa shape index (κ2) is 8.97. The minimum Gasteiger partial charge on any atom is -0.457 e. The van der Waals surface area contributed by atoms with Gasteiger partial charge in [-0.15, -0.1) is 0 Å². The number of benzene rings is 3. The number of rotatable bonds is 8. The molecule has 146 valence electrons. The van der Waals surface area contributed by atoms with E-state index in [0.717, 1.165) is 29.1 Å². The van der Waals surface area contributed by atoms with Crippen molar-refractivity contribution in [3.63, 3.8) is 0 Å². The van der Waals surface area contributed by atoms with E-state index in [2.05, 4.69) is 27.8 Å². The van der Waals surface area contributed by atoms with E-state index in [1.807, 2.05) is 72.9 Å². The van der Waals surface area contributed by atoms with Gasteiger partial charge >= 0.3 is 0 Å². The van der Waals surface area contributed by atoms with Gasteiger partial charge in [-0.05, 0) is 54.4 Å². The monoisotopic (exact) mass is 385 g/mol. The van der Waals surface area contributed by atoms with E-state index in [4.69, 9.17) is 4.74 Å². The molecule has 4 aromatic rings. The number of aromatic amines is 1. The summed E-state index contributed by atoms with van der Waals surface area (Å²) in [5, 5.41) is 7.30. The fourth-order valence-corrected chi connectivity index (χ4v) is 3.19. The van der Waals surface area contributed by atoms with Crippen LogP contribution < -0.4 is 15.4 Å². The third-order valence-corrected chi connectivity index (χ3v) is 4.68. The van der Waals surface area contributed by atoms with Crippen LogP contribution in [0.15, 0.2) is 85.1 Å². The summed E-state index contributed by atoms with van der Waals surface area (Å²) in [6, 6.07) is 25.4. The molecule has 0 spiro atoms. The maximum Gasteiger partial charge on any atom is 0.239 e. The molecule has 0 saturated heterocycles. The normalized spacial score (nSPS) is 10.6. The molecular formula is C24H23N3O2. The Hall–Kier alpha value is -3.73. The van der Waals surface area contributed by atoms with E-state index in [0.29, 0.717) is 6.54 Å². The second-order valence-corrected chi connectivity index (χ2v) is 6.75. The van der Waals surface area contributed by atoms with Crippen molar-refractivity contribution in [3.05, 3.63) is 90.6 Å². The molecule has 0 atom stereocenters. The SMILES string of the molecule is O=C(CNc1ccc(Oc2ccccc2)cc1)NCCc1c[nH]c2ccccc12. The van der Waals surface area contributed by atoms with Crippen LogP contribution in [0.1, 0.15) is 5.56 Å². The highest BCUT2D eigenvalue weighted by atomic mass is 16.5. The van der Waals surface area contributed by atoms with E-state index >= 15 is 0 Å². The lowest BCUT2D eigenvalue weighted by atomic mass is 10.1. The highest BCUT2D eigenvalue weighted by Gasteiger charge is 2.05. The van der Waals surface area contributed by atoms with Gasteiger partial charge in [-0.3, -0.25) is 4.79 Å². The van der Waals surface area contributed by atoms with Crippen LogP contribution in [-0.2, 0) is 11.2 Å². The van der Waals surface area contributed by atoms with Crippen molar-refractivity contribution >= 4 is 22.5 Å². The predicted molar refractivity (Wildman–Crippen MR) is 116 cm³/mol. The number of ether oxygens (including phenoxy) is 1. The number of carbonyl (C=O) groups excluding carboxylic acids is 1. The summed E-state index contributed by atoms with van der Waals surface area (Å²) in [6.45, 7) is 0.832. The van der Waals surface area contributed by atoms with Gasteiger partial charge in [-0.2, -0.15) is 0 Å². The Labute approximate surface area is 169 Å². The lowest BCUT2D eigenvalue weighted by Crippen LogP contribution is -2.31. The third-order valence-electron chi connectivity index (χ3n) is 4.68. The molecule has 3 N–H and O–H groups in total. The van der Waals surface area contributed by atoms with Crippen LogP contribution in [0.2, 0.25) is 0 Å². The zero-order valence-electron chi connectivity index (χ0n) is 16.0. The maximum absolute atomic E-state index is 12.1. The Kier molecular flexibility index (Phi) is 5.76. The summed E-state index contributed by atoms with van der Waals surface area (Å²) in [5.74, 6) is 1.52. The first-order valence-electron chi connectivity index (χ1n) is 9.66. The molecule has 0 aliphatic heterocycles. The largest absolute Gasteiger partial charge is 0.457 e. The average molecular weight is 385 g/mol. The molecule has 1 aromatic heterocycles. The summed E-state index contributed by atoms with van der Waals surface area (Å²) in [6.07, 6.45) is 2.80. The third kappa shape index (κ3) is 4.96. The van der Waals surface area contributed by atoms with E-state index in [1.54, 1.807) is 0 Å². The molecule has 4 rings (SSSR count). The molecule has 3 aromatic carbocycles. The van der Waals surface area contributed by atoms with Gasteiger partial charge in [0.25, 0.3) is 0 Å². The molecule has 0 bridgehead atoms. The van der Waals surface area contributed by atoms with Crippen LogP contribution in [-0.4, -0.2) is 24.0 Å². The number of hydrogen-bond acceptors (Lipinski definition) is 3. The fraction of sp³-hybridized carbons (Fsp3) is 0.125. The number of anilines is 1. The molecule has 1 heterocycles. The lowest BCUT2D eigenvalue weighted by Gasteiger charge is -2.09. The Morgan fingerprint density at radius 3 is 2.41 bits per heavy atom. The van der Waals surface area contributed by atoms with Gasteiger partial charge in [0.1, 0.15) is 11.5 Å². The summed E-state index contributed by atoms with van der Waals surface area (Å²) < 4.78 is 5.77. The van der Waals surface area contributed by atoms with Crippen molar-refractivity contribution in [2.75, 3.05) is 18.4 Å². The molecule has 5 nitrogen and oxygen atoms in total. The molecule has 0 unspecified atom stereocenters. The quantitative estimate of drug-likeness (QED) is 0.411. The van der Waals surface area contributed by atoms with Gasteiger partial charge in [-0.25, -0.2) is 0 Å². The zero-order valence-corrected chi connectivity index (χ0v) is 16.0. The van der Waals surface area contributed by atoms with Crippen LogP contribution in [0, 0.1) is 0 Å². The summed E-state index contributed by atoms with van der Waals surface area (Å²) >= 11 is 0. The first kappa shape index (κ1) is 18.6. The van der Waals surface area contributed by atoms with E-state index < -0.39 is 0 Å². The minimum absolute atomic E-state index is 0.0329. The minimum atomic E-state index is -0.0329. The number of fused-ring (bicyclic) bond motifs is 1. The Morgan fingerprint density at radius 2 is 1.59 bits per heavy atom. The topological polar surface area (TPSA) is 66.2 Å². The standard InChI is InChI=1S/C24H23N3O2/c28-24(25-15-14-18-16-27-23-9-5-4-8-22(18)23)17-26-19-10-12-21(13-11-19)29-20-6-2-1-3-7-20/h1-13,16,26-27H,14-15,17H2,(H,25,28). The number of nitrogens with one attached hydrogen (secondary N) is 3. The smallest absolute Gasteiger partial charge is 0.239 e. The summed E-state index contributed by atoms with van der Waals surface area (Å²) in [4.78, 5) is 15.4.